The molecule has 2 N–H and O–H groups in total. The van der Waals surface area contributed by atoms with Gasteiger partial charge >= 0.3 is 0 Å². The van der Waals surface area contributed by atoms with Crippen molar-refractivity contribution in [3.05, 3.63) is 82.7 Å². The lowest BCUT2D eigenvalue weighted by Gasteiger charge is -2.09. The molecule has 0 radical (unpaired) electrons. The second kappa shape index (κ2) is 7.78. The van der Waals surface area contributed by atoms with Crippen LogP contribution < -0.4 is 10.6 Å². The second-order valence-electron chi connectivity index (χ2n) is 6.38. The van der Waals surface area contributed by atoms with Crippen molar-refractivity contribution in [2.24, 2.45) is 0 Å². The average Bonchev–Trinajstić information content (AvgIpc) is 2.60. The molecule has 0 aliphatic rings. The summed E-state index contributed by atoms with van der Waals surface area (Å²) in [7, 11) is 0. The van der Waals surface area contributed by atoms with Crippen LogP contribution in [-0.2, 0) is 6.54 Å². The molecule has 2 aromatic carbocycles. The summed E-state index contributed by atoms with van der Waals surface area (Å²) in [6.07, 6.45) is 0. The zero-order valence-electron chi connectivity index (χ0n) is 15.2. The SMILES string of the molecule is Cc1ccc(CNC(=O)c2cc(C)nc(Nc3cccc(C)c3)n2)cc1. The number of aryl methyl sites for hydroxylation is 3. The Kier molecular flexibility index (Phi) is 5.27. The van der Waals surface area contributed by atoms with Gasteiger partial charge < -0.3 is 10.6 Å². The summed E-state index contributed by atoms with van der Waals surface area (Å²) in [6, 6.07) is 17.7. The van der Waals surface area contributed by atoms with Crippen LogP contribution in [0.3, 0.4) is 0 Å². The van der Waals surface area contributed by atoms with Gasteiger partial charge in [0.15, 0.2) is 0 Å². The van der Waals surface area contributed by atoms with E-state index in [-0.39, 0.29) is 5.91 Å². The Balaban J connectivity index is 1.71. The van der Waals surface area contributed by atoms with Gasteiger partial charge in [0, 0.05) is 17.9 Å². The molecule has 5 heteroatoms. The summed E-state index contributed by atoms with van der Waals surface area (Å²) in [6.45, 7) is 6.36. The first kappa shape index (κ1) is 17.6. The van der Waals surface area contributed by atoms with Crippen LogP contribution in [0.2, 0.25) is 0 Å². The molecule has 132 valence electrons. The molecular weight excluding hydrogens is 324 g/mol. The van der Waals surface area contributed by atoms with Gasteiger partial charge in [-0.05, 0) is 50.1 Å². The van der Waals surface area contributed by atoms with Crippen LogP contribution in [0.5, 0.6) is 0 Å². The first-order chi connectivity index (χ1) is 12.5. The van der Waals surface area contributed by atoms with E-state index in [4.69, 9.17) is 0 Å². The molecule has 3 rings (SSSR count). The number of hydrogen-bond donors (Lipinski definition) is 2. The maximum absolute atomic E-state index is 12.5. The van der Waals surface area contributed by atoms with Crippen molar-refractivity contribution < 1.29 is 4.79 Å². The molecule has 0 bridgehead atoms. The van der Waals surface area contributed by atoms with Crippen molar-refractivity contribution in [3.8, 4) is 0 Å². The van der Waals surface area contributed by atoms with E-state index in [1.807, 2.05) is 69.3 Å². The van der Waals surface area contributed by atoms with Crippen molar-refractivity contribution in [2.75, 3.05) is 5.32 Å². The lowest BCUT2D eigenvalue weighted by Crippen LogP contribution is -2.24. The molecule has 1 amide bonds. The predicted octanol–water partition coefficient (Wildman–Crippen LogP) is 4.08. The zero-order valence-corrected chi connectivity index (χ0v) is 15.2. The van der Waals surface area contributed by atoms with Gasteiger partial charge in [-0.2, -0.15) is 0 Å². The molecule has 0 atom stereocenters. The van der Waals surface area contributed by atoms with E-state index in [0.717, 1.165) is 22.5 Å². The predicted molar refractivity (Wildman–Crippen MR) is 104 cm³/mol. The van der Waals surface area contributed by atoms with Gasteiger partial charge in [-0.25, -0.2) is 9.97 Å². The standard InChI is InChI=1S/C21H22N4O/c1-14-7-9-17(10-8-14)13-22-20(26)19-12-16(3)23-21(25-19)24-18-6-4-5-15(2)11-18/h4-12H,13H2,1-3H3,(H,22,26)(H,23,24,25). The Morgan fingerprint density at radius 3 is 2.42 bits per heavy atom. The summed E-state index contributed by atoms with van der Waals surface area (Å²) < 4.78 is 0. The smallest absolute Gasteiger partial charge is 0.270 e. The van der Waals surface area contributed by atoms with E-state index >= 15 is 0 Å². The van der Waals surface area contributed by atoms with Crippen LogP contribution in [0.4, 0.5) is 11.6 Å². The molecule has 1 aromatic heterocycles. The van der Waals surface area contributed by atoms with Crippen molar-refractivity contribution >= 4 is 17.5 Å². The summed E-state index contributed by atoms with van der Waals surface area (Å²) in [4.78, 5) is 21.2. The van der Waals surface area contributed by atoms with Crippen molar-refractivity contribution in [1.29, 1.82) is 0 Å². The fourth-order valence-electron chi connectivity index (χ4n) is 2.57. The van der Waals surface area contributed by atoms with Gasteiger partial charge in [0.25, 0.3) is 5.91 Å². The van der Waals surface area contributed by atoms with E-state index < -0.39 is 0 Å². The van der Waals surface area contributed by atoms with Gasteiger partial charge in [-0.1, -0.05) is 42.0 Å². The lowest BCUT2D eigenvalue weighted by atomic mass is 10.1. The second-order valence-corrected chi connectivity index (χ2v) is 6.38. The monoisotopic (exact) mass is 346 g/mol. The van der Waals surface area contributed by atoms with E-state index in [1.54, 1.807) is 6.07 Å². The summed E-state index contributed by atoms with van der Waals surface area (Å²) in [5.41, 5.74) is 5.35. The van der Waals surface area contributed by atoms with Crippen LogP contribution in [-0.4, -0.2) is 15.9 Å². The van der Waals surface area contributed by atoms with E-state index in [1.165, 1.54) is 5.56 Å². The van der Waals surface area contributed by atoms with E-state index in [2.05, 4.69) is 20.6 Å². The number of carbonyl (C=O) groups excluding carboxylic acids is 1. The highest BCUT2D eigenvalue weighted by Crippen LogP contribution is 2.15. The van der Waals surface area contributed by atoms with Crippen LogP contribution >= 0.6 is 0 Å². The van der Waals surface area contributed by atoms with E-state index in [0.29, 0.717) is 18.2 Å². The fraction of sp³-hybridized carbons (Fsp3) is 0.190. The topological polar surface area (TPSA) is 66.9 Å². The van der Waals surface area contributed by atoms with Crippen molar-refractivity contribution in [1.82, 2.24) is 15.3 Å². The summed E-state index contributed by atoms with van der Waals surface area (Å²) in [5.74, 6) is 0.194. The first-order valence-corrected chi connectivity index (χ1v) is 8.53. The molecule has 0 saturated carbocycles. The third kappa shape index (κ3) is 4.66. The highest BCUT2D eigenvalue weighted by atomic mass is 16.1. The van der Waals surface area contributed by atoms with Crippen LogP contribution in [0, 0.1) is 20.8 Å². The van der Waals surface area contributed by atoms with Gasteiger partial charge in [0.1, 0.15) is 5.69 Å². The van der Waals surface area contributed by atoms with Crippen LogP contribution in [0.1, 0.15) is 32.9 Å². The Morgan fingerprint density at radius 1 is 0.923 bits per heavy atom. The first-order valence-electron chi connectivity index (χ1n) is 8.53. The molecule has 0 aliphatic heterocycles. The highest BCUT2D eigenvalue weighted by molar-refractivity contribution is 5.92. The molecule has 0 saturated heterocycles. The third-order valence-electron chi connectivity index (χ3n) is 3.93. The quantitative estimate of drug-likeness (QED) is 0.731. The van der Waals surface area contributed by atoms with Crippen molar-refractivity contribution in [3.63, 3.8) is 0 Å². The number of aromatic nitrogens is 2. The van der Waals surface area contributed by atoms with E-state index in [9.17, 15) is 4.79 Å². The summed E-state index contributed by atoms with van der Waals surface area (Å²) in [5, 5.41) is 6.06. The molecular formula is C21H22N4O. The van der Waals surface area contributed by atoms with Gasteiger partial charge in [0.2, 0.25) is 5.95 Å². The Hall–Kier alpha value is -3.21. The number of carbonyl (C=O) groups is 1. The minimum absolute atomic E-state index is 0.219. The molecule has 5 nitrogen and oxygen atoms in total. The fourth-order valence-corrected chi connectivity index (χ4v) is 2.57. The number of anilines is 2. The molecule has 0 spiro atoms. The average molecular weight is 346 g/mol. The maximum atomic E-state index is 12.5. The number of amides is 1. The number of hydrogen-bond acceptors (Lipinski definition) is 4. The lowest BCUT2D eigenvalue weighted by molar-refractivity contribution is 0.0945. The van der Waals surface area contributed by atoms with Crippen LogP contribution in [0.25, 0.3) is 0 Å². The zero-order chi connectivity index (χ0) is 18.5. The molecule has 0 aliphatic carbocycles. The number of rotatable bonds is 5. The summed E-state index contributed by atoms with van der Waals surface area (Å²) >= 11 is 0. The number of nitrogens with zero attached hydrogens (tertiary/aromatic N) is 2. The Labute approximate surface area is 153 Å². The molecule has 1 heterocycles. The molecule has 26 heavy (non-hydrogen) atoms. The molecule has 0 unspecified atom stereocenters. The van der Waals surface area contributed by atoms with Crippen LogP contribution in [0.15, 0.2) is 54.6 Å². The maximum Gasteiger partial charge on any atom is 0.270 e. The molecule has 3 aromatic rings. The van der Waals surface area contributed by atoms with Crippen molar-refractivity contribution in [2.45, 2.75) is 27.3 Å². The highest BCUT2D eigenvalue weighted by Gasteiger charge is 2.11. The Morgan fingerprint density at radius 2 is 1.69 bits per heavy atom. The molecule has 0 fully saturated rings. The largest absolute Gasteiger partial charge is 0.347 e. The number of benzene rings is 2. The Bertz CT molecular complexity index is 920. The number of nitrogens with one attached hydrogen (secondary N) is 2. The minimum atomic E-state index is -0.219. The van der Waals surface area contributed by atoms with Gasteiger partial charge in [-0.15, -0.1) is 0 Å². The minimum Gasteiger partial charge on any atom is -0.347 e. The third-order valence-corrected chi connectivity index (χ3v) is 3.93. The van der Waals surface area contributed by atoms with Gasteiger partial charge in [-0.3, -0.25) is 4.79 Å². The van der Waals surface area contributed by atoms with Gasteiger partial charge in [0.05, 0.1) is 0 Å². The normalized spacial score (nSPS) is 10.4.